The fraction of sp³-hybridized carbons (Fsp3) is 0.812. The Morgan fingerprint density at radius 1 is 1.12 bits per heavy atom. The molecule has 1 aromatic rings. The van der Waals surface area contributed by atoms with E-state index in [0.717, 1.165) is 18.7 Å². The maximum Gasteiger partial charge on any atom is 0.225 e. The highest BCUT2D eigenvalue weighted by molar-refractivity contribution is 7.88. The number of amides is 1. The quantitative estimate of drug-likeness (QED) is 0.778. The summed E-state index contributed by atoms with van der Waals surface area (Å²) in [6.45, 7) is 2.31. The Bertz CT molecular complexity index is 750. The smallest absolute Gasteiger partial charge is 0.225 e. The van der Waals surface area contributed by atoms with Crippen LogP contribution in [0.5, 0.6) is 0 Å². The summed E-state index contributed by atoms with van der Waals surface area (Å²) in [6, 6.07) is 0.208. The van der Waals surface area contributed by atoms with Gasteiger partial charge < -0.3 is 4.90 Å². The molecule has 3 fully saturated rings. The van der Waals surface area contributed by atoms with Crippen molar-refractivity contribution < 1.29 is 13.2 Å². The van der Waals surface area contributed by atoms with Crippen LogP contribution in [0.4, 0.5) is 0 Å². The molecule has 1 amide bonds. The highest BCUT2D eigenvalue weighted by Crippen LogP contribution is 2.39. The van der Waals surface area contributed by atoms with Crippen LogP contribution >= 0.6 is 0 Å². The van der Waals surface area contributed by atoms with E-state index in [2.05, 4.69) is 10.3 Å². The minimum atomic E-state index is -3.15. The summed E-state index contributed by atoms with van der Waals surface area (Å²) < 4.78 is 26.6. The summed E-state index contributed by atoms with van der Waals surface area (Å²) in [6.07, 6.45) is 7.82. The van der Waals surface area contributed by atoms with E-state index in [4.69, 9.17) is 0 Å². The molecule has 8 nitrogen and oxygen atoms in total. The Hall–Kier alpha value is -1.48. The Morgan fingerprint density at radius 2 is 1.84 bits per heavy atom. The largest absolute Gasteiger partial charge is 0.340 e. The number of aromatic nitrogens is 3. The van der Waals surface area contributed by atoms with Gasteiger partial charge in [0.25, 0.3) is 0 Å². The Kier molecular flexibility index (Phi) is 4.31. The van der Waals surface area contributed by atoms with E-state index < -0.39 is 10.0 Å². The molecule has 1 saturated carbocycles. The average molecular weight is 367 g/mol. The molecule has 1 aromatic heterocycles. The van der Waals surface area contributed by atoms with Crippen LogP contribution in [0.25, 0.3) is 0 Å². The van der Waals surface area contributed by atoms with Gasteiger partial charge in [0.2, 0.25) is 15.9 Å². The molecule has 1 aliphatic carbocycles. The van der Waals surface area contributed by atoms with Gasteiger partial charge in [-0.25, -0.2) is 17.4 Å². The van der Waals surface area contributed by atoms with Crippen molar-refractivity contribution in [2.45, 2.75) is 44.1 Å². The normalized spacial score (nSPS) is 26.3. The lowest BCUT2D eigenvalue weighted by molar-refractivity contribution is -0.135. The minimum Gasteiger partial charge on any atom is -0.340 e. The zero-order chi connectivity index (χ0) is 17.6. The zero-order valence-corrected chi connectivity index (χ0v) is 15.4. The van der Waals surface area contributed by atoms with Gasteiger partial charge in [-0.1, -0.05) is 5.21 Å². The van der Waals surface area contributed by atoms with Crippen LogP contribution < -0.4 is 0 Å². The molecule has 3 heterocycles. The van der Waals surface area contributed by atoms with Crippen LogP contribution in [-0.4, -0.2) is 71.0 Å². The number of hydrogen-bond donors (Lipinski definition) is 0. The Balaban J connectivity index is 1.33. The predicted octanol–water partition coefficient (Wildman–Crippen LogP) is 0.600. The van der Waals surface area contributed by atoms with Crippen molar-refractivity contribution in [2.24, 2.45) is 5.92 Å². The van der Waals surface area contributed by atoms with Crippen LogP contribution in [0.2, 0.25) is 0 Å². The van der Waals surface area contributed by atoms with Gasteiger partial charge in [0.05, 0.1) is 18.0 Å². The van der Waals surface area contributed by atoms with Crippen molar-refractivity contribution in [1.82, 2.24) is 24.2 Å². The molecule has 4 rings (SSSR count). The maximum absolute atomic E-state index is 12.8. The monoisotopic (exact) mass is 367 g/mol. The molecule has 0 N–H and O–H groups in total. The minimum absolute atomic E-state index is 0.0606. The Morgan fingerprint density at radius 3 is 2.48 bits per heavy atom. The molecule has 138 valence electrons. The van der Waals surface area contributed by atoms with E-state index in [1.165, 1.54) is 23.4 Å². The molecule has 1 atom stereocenters. The number of hydrogen-bond acceptors (Lipinski definition) is 5. The van der Waals surface area contributed by atoms with Crippen LogP contribution in [0, 0.1) is 5.92 Å². The number of rotatable bonds is 4. The lowest BCUT2D eigenvalue weighted by Crippen LogP contribution is -2.43. The molecule has 0 unspecified atom stereocenters. The molecule has 0 bridgehead atoms. The first-order valence-electron chi connectivity index (χ1n) is 9.07. The van der Waals surface area contributed by atoms with E-state index in [-0.39, 0.29) is 17.9 Å². The van der Waals surface area contributed by atoms with Gasteiger partial charge in [-0.05, 0) is 32.1 Å². The van der Waals surface area contributed by atoms with Crippen LogP contribution in [0.15, 0.2) is 6.20 Å². The first-order chi connectivity index (χ1) is 11.9. The summed E-state index contributed by atoms with van der Waals surface area (Å²) >= 11 is 0. The van der Waals surface area contributed by atoms with Gasteiger partial charge in [-0.15, -0.1) is 5.10 Å². The number of carbonyl (C=O) groups excluding carboxylic acids is 1. The number of piperidine rings is 1. The lowest BCUT2D eigenvalue weighted by Gasteiger charge is -2.31. The Labute approximate surface area is 148 Å². The number of sulfonamides is 1. The van der Waals surface area contributed by atoms with Gasteiger partial charge >= 0.3 is 0 Å². The topological polar surface area (TPSA) is 88.4 Å². The standard InChI is InChI=1S/C16H25N5O3S/c1-25(23,24)20-8-4-13(5-9-20)16(22)19-7-6-14(10-19)21-11-15(17-18-21)12-2-3-12/h11-14H,2-10H2,1H3/t14-/m1/s1. The molecule has 9 heteroatoms. The molecule has 0 aromatic carbocycles. The second-order valence-corrected chi connectivity index (χ2v) is 9.54. The number of nitrogens with zero attached hydrogens (tertiary/aromatic N) is 5. The van der Waals surface area contributed by atoms with Gasteiger partial charge in [0, 0.05) is 44.2 Å². The van der Waals surface area contributed by atoms with Crippen molar-refractivity contribution in [3.63, 3.8) is 0 Å². The van der Waals surface area contributed by atoms with Crippen molar-refractivity contribution in [3.05, 3.63) is 11.9 Å². The van der Waals surface area contributed by atoms with Gasteiger partial charge in [-0.3, -0.25) is 4.79 Å². The van der Waals surface area contributed by atoms with Crippen LogP contribution in [0.1, 0.15) is 49.8 Å². The second-order valence-electron chi connectivity index (χ2n) is 7.56. The molecule has 25 heavy (non-hydrogen) atoms. The van der Waals surface area contributed by atoms with Gasteiger partial charge in [-0.2, -0.15) is 0 Å². The first-order valence-corrected chi connectivity index (χ1v) is 10.9. The van der Waals surface area contributed by atoms with Crippen molar-refractivity contribution in [2.75, 3.05) is 32.4 Å². The molecule has 0 spiro atoms. The third kappa shape index (κ3) is 3.57. The summed E-state index contributed by atoms with van der Waals surface area (Å²) in [5.74, 6) is 0.695. The van der Waals surface area contributed by atoms with Crippen molar-refractivity contribution in [3.8, 4) is 0 Å². The third-order valence-electron chi connectivity index (χ3n) is 5.64. The van der Waals surface area contributed by atoms with Crippen molar-refractivity contribution >= 4 is 15.9 Å². The second kappa shape index (κ2) is 6.35. The molecule has 0 radical (unpaired) electrons. The van der Waals surface area contributed by atoms with E-state index in [9.17, 15) is 13.2 Å². The molecule has 2 aliphatic heterocycles. The first kappa shape index (κ1) is 17.0. The highest BCUT2D eigenvalue weighted by atomic mass is 32.2. The van der Waals surface area contributed by atoms with Crippen LogP contribution in [0.3, 0.4) is 0 Å². The number of carbonyl (C=O) groups is 1. The van der Waals surface area contributed by atoms with E-state index in [1.54, 1.807) is 0 Å². The summed E-state index contributed by atoms with van der Waals surface area (Å²) in [5.41, 5.74) is 1.08. The molecular formula is C16H25N5O3S. The SMILES string of the molecule is CS(=O)(=O)N1CCC(C(=O)N2CC[C@@H](n3cc(C4CC4)nn3)C2)CC1. The van der Waals surface area contributed by atoms with Gasteiger partial charge in [0.1, 0.15) is 0 Å². The fourth-order valence-corrected chi connectivity index (χ4v) is 4.76. The maximum atomic E-state index is 12.8. The van der Waals surface area contributed by atoms with Gasteiger partial charge in [0.15, 0.2) is 0 Å². The molecule has 2 saturated heterocycles. The third-order valence-corrected chi connectivity index (χ3v) is 6.95. The zero-order valence-electron chi connectivity index (χ0n) is 14.5. The average Bonchev–Trinajstić information content (AvgIpc) is 3.12. The lowest BCUT2D eigenvalue weighted by atomic mass is 9.97. The number of likely N-dealkylation sites (tertiary alicyclic amines) is 1. The van der Waals surface area contributed by atoms with Crippen molar-refractivity contribution in [1.29, 1.82) is 0 Å². The highest BCUT2D eigenvalue weighted by Gasteiger charge is 2.35. The molecular weight excluding hydrogens is 342 g/mol. The molecule has 3 aliphatic rings. The van der Waals surface area contributed by atoms with E-state index in [0.29, 0.717) is 38.4 Å². The summed E-state index contributed by atoms with van der Waals surface area (Å²) in [4.78, 5) is 14.7. The summed E-state index contributed by atoms with van der Waals surface area (Å²) in [7, 11) is -3.15. The summed E-state index contributed by atoms with van der Waals surface area (Å²) in [5, 5.41) is 8.52. The van der Waals surface area contributed by atoms with Crippen LogP contribution in [-0.2, 0) is 14.8 Å². The van der Waals surface area contributed by atoms with E-state index in [1.807, 2.05) is 15.8 Å². The fourth-order valence-electron chi connectivity index (χ4n) is 3.89. The predicted molar refractivity (Wildman–Crippen MR) is 91.4 cm³/mol. The van der Waals surface area contributed by atoms with E-state index >= 15 is 0 Å².